The Morgan fingerprint density at radius 1 is 1.40 bits per heavy atom. The van der Waals surface area contributed by atoms with E-state index in [2.05, 4.69) is 0 Å². The van der Waals surface area contributed by atoms with Gasteiger partial charge in [0.15, 0.2) is 6.29 Å². The van der Waals surface area contributed by atoms with Crippen molar-refractivity contribution in [1.82, 2.24) is 4.90 Å². The average molecular weight is 147 g/mol. The van der Waals surface area contributed by atoms with Gasteiger partial charge in [-0.2, -0.15) is 0 Å². The van der Waals surface area contributed by atoms with Crippen LogP contribution in [-0.2, 0) is 4.74 Å². The molecule has 1 N–H and O–H groups in total. The summed E-state index contributed by atoms with van der Waals surface area (Å²) in [4.78, 5) is 2.04. The van der Waals surface area contributed by atoms with Crippen LogP contribution in [0.25, 0.3) is 0 Å². The molecule has 1 unspecified atom stereocenters. The molecule has 0 bridgehead atoms. The number of ether oxygens (including phenoxy) is 1. The molecule has 0 rings (SSSR count). The zero-order chi connectivity index (χ0) is 8.15. The van der Waals surface area contributed by atoms with Crippen LogP contribution in [0.5, 0.6) is 0 Å². The first-order valence-electron chi connectivity index (χ1n) is 3.50. The number of likely N-dealkylation sites (N-methyl/N-ethyl adjacent to an activating group) is 1. The highest BCUT2D eigenvalue weighted by Gasteiger charge is 2.05. The zero-order valence-corrected chi connectivity index (χ0v) is 7.16. The van der Waals surface area contributed by atoms with Gasteiger partial charge in [-0.05, 0) is 27.9 Å². The van der Waals surface area contributed by atoms with Gasteiger partial charge >= 0.3 is 0 Å². The van der Waals surface area contributed by atoms with Crippen molar-refractivity contribution in [3.8, 4) is 0 Å². The van der Waals surface area contributed by atoms with Gasteiger partial charge in [0, 0.05) is 6.04 Å². The van der Waals surface area contributed by atoms with Gasteiger partial charge in [-0.1, -0.05) is 0 Å². The fourth-order valence-corrected chi connectivity index (χ4v) is 0.428. The number of rotatable bonds is 4. The molecule has 0 saturated carbocycles. The van der Waals surface area contributed by atoms with Crippen LogP contribution in [0.15, 0.2) is 0 Å². The van der Waals surface area contributed by atoms with Gasteiger partial charge < -0.3 is 14.7 Å². The van der Waals surface area contributed by atoms with Gasteiger partial charge in [0.05, 0.1) is 6.61 Å². The van der Waals surface area contributed by atoms with E-state index in [1.807, 2.05) is 25.9 Å². The van der Waals surface area contributed by atoms with Crippen molar-refractivity contribution < 1.29 is 9.84 Å². The third-order valence-electron chi connectivity index (χ3n) is 1.46. The Morgan fingerprint density at radius 3 is 2.20 bits per heavy atom. The van der Waals surface area contributed by atoms with Crippen molar-refractivity contribution in [3.63, 3.8) is 0 Å². The highest BCUT2D eigenvalue weighted by atomic mass is 16.6. The molecule has 0 fully saturated rings. The lowest BCUT2D eigenvalue weighted by Crippen LogP contribution is -2.30. The number of nitrogens with zero attached hydrogens (tertiary/aromatic N) is 1. The Balaban J connectivity index is 3.30. The summed E-state index contributed by atoms with van der Waals surface area (Å²) in [7, 11) is 3.96. The van der Waals surface area contributed by atoms with Gasteiger partial charge in [0.25, 0.3) is 0 Å². The van der Waals surface area contributed by atoms with Crippen LogP contribution in [0.4, 0.5) is 0 Å². The second-order valence-electron chi connectivity index (χ2n) is 2.75. The van der Waals surface area contributed by atoms with Gasteiger partial charge in [-0.15, -0.1) is 0 Å². The first-order chi connectivity index (χ1) is 4.54. The molecule has 0 aromatic heterocycles. The Labute approximate surface area is 62.6 Å². The monoisotopic (exact) mass is 147 g/mol. The van der Waals surface area contributed by atoms with Crippen molar-refractivity contribution in [2.24, 2.45) is 0 Å². The van der Waals surface area contributed by atoms with Crippen LogP contribution >= 0.6 is 0 Å². The van der Waals surface area contributed by atoms with Crippen molar-refractivity contribution >= 4 is 0 Å². The molecule has 0 aliphatic carbocycles. The molecule has 0 aliphatic heterocycles. The minimum absolute atomic E-state index is 0.356. The molecule has 3 heteroatoms. The Kier molecular flexibility index (Phi) is 4.60. The maximum atomic E-state index is 8.74. The van der Waals surface area contributed by atoms with E-state index >= 15 is 0 Å². The summed E-state index contributed by atoms with van der Waals surface area (Å²) in [6.07, 6.45) is -0.651. The van der Waals surface area contributed by atoms with Crippen molar-refractivity contribution in [2.75, 3.05) is 20.7 Å². The Bertz CT molecular complexity index is 83.7. The Hall–Kier alpha value is -0.120. The van der Waals surface area contributed by atoms with Crippen molar-refractivity contribution in [1.29, 1.82) is 0 Å². The van der Waals surface area contributed by atoms with E-state index in [9.17, 15) is 0 Å². The van der Waals surface area contributed by atoms with Gasteiger partial charge in [-0.3, -0.25) is 0 Å². The fourth-order valence-electron chi connectivity index (χ4n) is 0.428. The third-order valence-corrected chi connectivity index (χ3v) is 1.46. The zero-order valence-electron chi connectivity index (χ0n) is 7.16. The smallest absolute Gasteiger partial charge is 0.151 e. The summed E-state index contributed by atoms with van der Waals surface area (Å²) in [5.74, 6) is 0. The standard InChI is InChI=1S/C7H17NO2/c1-6(8(3)4)5-10-7(2)9/h6-7,9H,5H2,1-4H3/t6-,7?/m1/s1. The van der Waals surface area contributed by atoms with Gasteiger partial charge in [0.1, 0.15) is 0 Å². The maximum absolute atomic E-state index is 8.74. The van der Waals surface area contributed by atoms with Crippen LogP contribution in [0.1, 0.15) is 13.8 Å². The molecule has 0 aromatic carbocycles. The van der Waals surface area contributed by atoms with E-state index in [4.69, 9.17) is 9.84 Å². The summed E-state index contributed by atoms with van der Waals surface area (Å²) in [6, 6.07) is 0.356. The molecule has 62 valence electrons. The second kappa shape index (κ2) is 4.66. The molecular formula is C7H17NO2. The quantitative estimate of drug-likeness (QED) is 0.580. The molecule has 0 heterocycles. The van der Waals surface area contributed by atoms with Crippen LogP contribution in [-0.4, -0.2) is 43.0 Å². The van der Waals surface area contributed by atoms with Crippen LogP contribution in [0.3, 0.4) is 0 Å². The van der Waals surface area contributed by atoms with Crippen LogP contribution < -0.4 is 0 Å². The summed E-state index contributed by atoms with van der Waals surface area (Å²) < 4.78 is 4.98. The lowest BCUT2D eigenvalue weighted by Gasteiger charge is -2.20. The largest absolute Gasteiger partial charge is 0.368 e. The SMILES string of the molecule is CC(O)OC[C@@H](C)N(C)C. The molecular weight excluding hydrogens is 130 g/mol. The highest BCUT2D eigenvalue weighted by Crippen LogP contribution is 1.94. The molecule has 3 nitrogen and oxygen atoms in total. The van der Waals surface area contributed by atoms with Crippen molar-refractivity contribution in [2.45, 2.75) is 26.2 Å². The summed E-state index contributed by atoms with van der Waals surface area (Å²) >= 11 is 0. The number of hydrogen-bond acceptors (Lipinski definition) is 3. The van der Waals surface area contributed by atoms with E-state index in [1.165, 1.54) is 0 Å². The molecule has 0 spiro atoms. The first kappa shape index (κ1) is 9.88. The average Bonchev–Trinajstić information content (AvgIpc) is 1.82. The molecule has 0 aromatic rings. The number of hydrogen-bond donors (Lipinski definition) is 1. The summed E-state index contributed by atoms with van der Waals surface area (Å²) in [6.45, 7) is 4.23. The summed E-state index contributed by atoms with van der Waals surface area (Å²) in [5, 5.41) is 8.74. The highest BCUT2D eigenvalue weighted by molar-refractivity contribution is 4.56. The Morgan fingerprint density at radius 2 is 1.90 bits per heavy atom. The van der Waals surface area contributed by atoms with E-state index in [0.717, 1.165) is 0 Å². The second-order valence-corrected chi connectivity index (χ2v) is 2.75. The molecule has 0 amide bonds. The fraction of sp³-hybridized carbons (Fsp3) is 1.00. The van der Waals surface area contributed by atoms with Crippen LogP contribution in [0.2, 0.25) is 0 Å². The van der Waals surface area contributed by atoms with Gasteiger partial charge in [0.2, 0.25) is 0 Å². The van der Waals surface area contributed by atoms with Crippen LogP contribution in [0, 0.1) is 0 Å². The predicted octanol–water partition coefficient (Wildman–Crippen LogP) is 0.291. The maximum Gasteiger partial charge on any atom is 0.151 e. The normalized spacial score (nSPS) is 17.4. The van der Waals surface area contributed by atoms with E-state index < -0.39 is 6.29 Å². The lowest BCUT2D eigenvalue weighted by atomic mass is 10.3. The van der Waals surface area contributed by atoms with Crippen molar-refractivity contribution in [3.05, 3.63) is 0 Å². The molecule has 0 saturated heterocycles. The minimum Gasteiger partial charge on any atom is -0.368 e. The summed E-state index contributed by atoms with van der Waals surface area (Å²) in [5.41, 5.74) is 0. The lowest BCUT2D eigenvalue weighted by molar-refractivity contribution is -0.0965. The van der Waals surface area contributed by atoms with E-state index in [0.29, 0.717) is 12.6 Å². The molecule has 0 radical (unpaired) electrons. The number of aliphatic hydroxyl groups is 1. The number of aliphatic hydroxyl groups excluding tert-OH is 1. The first-order valence-corrected chi connectivity index (χ1v) is 3.50. The van der Waals surface area contributed by atoms with E-state index in [-0.39, 0.29) is 0 Å². The van der Waals surface area contributed by atoms with Gasteiger partial charge in [-0.25, -0.2) is 0 Å². The third kappa shape index (κ3) is 4.73. The predicted molar refractivity (Wildman–Crippen MR) is 40.8 cm³/mol. The minimum atomic E-state index is -0.651. The van der Waals surface area contributed by atoms with E-state index in [1.54, 1.807) is 6.92 Å². The molecule has 0 aliphatic rings. The molecule has 2 atom stereocenters. The topological polar surface area (TPSA) is 32.7 Å². The molecule has 10 heavy (non-hydrogen) atoms.